The molecular weight excluding hydrogens is 406 g/mol. The lowest BCUT2D eigenvalue weighted by Gasteiger charge is -2.29. The molecule has 3 heterocycles. The quantitative estimate of drug-likeness (QED) is 0.461. The zero-order valence-corrected chi connectivity index (χ0v) is 17.9. The van der Waals surface area contributed by atoms with Crippen molar-refractivity contribution in [2.24, 2.45) is 0 Å². The molecule has 0 bridgehead atoms. The molecule has 0 radical (unpaired) electrons. The van der Waals surface area contributed by atoms with Gasteiger partial charge in [-0.15, -0.1) is 10.2 Å². The lowest BCUT2D eigenvalue weighted by atomic mass is 10.0. The number of carbonyl (C=O) groups excluding carboxylic acids is 1. The van der Waals surface area contributed by atoms with E-state index < -0.39 is 0 Å². The summed E-state index contributed by atoms with van der Waals surface area (Å²) in [5, 5.41) is 11.0. The fourth-order valence-electron chi connectivity index (χ4n) is 4.47. The van der Waals surface area contributed by atoms with Crippen LogP contribution in [0.15, 0.2) is 59.9 Å². The molecule has 6 rings (SSSR count). The van der Waals surface area contributed by atoms with Crippen LogP contribution in [0.2, 0.25) is 0 Å². The van der Waals surface area contributed by atoms with Crippen molar-refractivity contribution in [1.82, 2.24) is 19.7 Å². The van der Waals surface area contributed by atoms with E-state index >= 15 is 0 Å². The predicted octanol–water partition coefficient (Wildman–Crippen LogP) is 4.83. The highest BCUT2D eigenvalue weighted by molar-refractivity contribution is 7.99. The van der Waals surface area contributed by atoms with E-state index in [1.54, 1.807) is 0 Å². The van der Waals surface area contributed by atoms with Gasteiger partial charge in [-0.3, -0.25) is 9.36 Å². The van der Waals surface area contributed by atoms with Crippen molar-refractivity contribution in [3.63, 3.8) is 0 Å². The highest BCUT2D eigenvalue weighted by atomic mass is 32.2. The Hall–Kier alpha value is -3.06. The zero-order chi connectivity index (χ0) is 20.8. The van der Waals surface area contributed by atoms with Crippen LogP contribution in [0.3, 0.4) is 0 Å². The number of nitrogens with one attached hydrogen (secondary N) is 1. The summed E-state index contributed by atoms with van der Waals surface area (Å²) in [4.78, 5) is 18.4. The van der Waals surface area contributed by atoms with Gasteiger partial charge in [0.05, 0.1) is 5.75 Å². The first kappa shape index (κ1) is 18.7. The maximum absolute atomic E-state index is 13.1. The number of hydrogen-bond acceptors (Lipinski definition) is 4. The highest BCUT2D eigenvalue weighted by Gasteiger charge is 2.31. The summed E-state index contributed by atoms with van der Waals surface area (Å²) < 4.78 is 2.23. The Bertz CT molecular complexity index is 1270. The number of thioether (sulfide) groups is 1. The van der Waals surface area contributed by atoms with Gasteiger partial charge in [0.2, 0.25) is 5.91 Å². The Morgan fingerprint density at radius 2 is 1.94 bits per heavy atom. The summed E-state index contributed by atoms with van der Waals surface area (Å²) in [7, 11) is 0. The molecule has 156 valence electrons. The van der Waals surface area contributed by atoms with E-state index in [1.165, 1.54) is 17.3 Å². The van der Waals surface area contributed by atoms with Crippen LogP contribution < -0.4 is 4.90 Å². The molecule has 1 fully saturated rings. The molecule has 2 aromatic carbocycles. The molecule has 2 aliphatic rings. The van der Waals surface area contributed by atoms with E-state index in [9.17, 15) is 4.79 Å². The molecule has 1 N–H and O–H groups in total. The van der Waals surface area contributed by atoms with Gasteiger partial charge >= 0.3 is 0 Å². The molecule has 1 aliphatic carbocycles. The summed E-state index contributed by atoms with van der Waals surface area (Å²) >= 11 is 1.50. The number of aromatic amines is 1. The summed E-state index contributed by atoms with van der Waals surface area (Å²) in [5.41, 5.74) is 4.48. The van der Waals surface area contributed by atoms with E-state index in [0.717, 1.165) is 65.4 Å². The van der Waals surface area contributed by atoms with Crippen LogP contribution in [0.4, 0.5) is 5.69 Å². The third-order valence-electron chi connectivity index (χ3n) is 6.14. The van der Waals surface area contributed by atoms with Crippen molar-refractivity contribution in [1.29, 1.82) is 0 Å². The second-order valence-electron chi connectivity index (χ2n) is 8.22. The van der Waals surface area contributed by atoms with Crippen molar-refractivity contribution >= 4 is 34.3 Å². The monoisotopic (exact) mass is 429 g/mol. The van der Waals surface area contributed by atoms with E-state index in [-0.39, 0.29) is 5.91 Å². The summed E-state index contributed by atoms with van der Waals surface area (Å²) in [6, 6.07) is 16.9. The second-order valence-corrected chi connectivity index (χ2v) is 9.16. The largest absolute Gasteiger partial charge is 0.360 e. The maximum atomic E-state index is 13.1. The SMILES string of the molecule is O=C(CSc1nnc(-c2c[nH]c3ccccc23)n1C1CC1)N1CCCc2ccccc21. The Labute approximate surface area is 184 Å². The number of rotatable bonds is 5. The lowest BCUT2D eigenvalue weighted by molar-refractivity contribution is -0.116. The van der Waals surface area contributed by atoms with Gasteiger partial charge in [-0.25, -0.2) is 0 Å². The first-order valence-corrected chi connectivity index (χ1v) is 11.8. The van der Waals surface area contributed by atoms with E-state index in [1.807, 2.05) is 35.4 Å². The normalized spacial score (nSPS) is 15.9. The molecule has 2 aromatic heterocycles. The number of H-pyrrole nitrogens is 1. The Morgan fingerprint density at radius 1 is 1.10 bits per heavy atom. The zero-order valence-electron chi connectivity index (χ0n) is 17.1. The number of aryl methyl sites for hydroxylation is 1. The van der Waals surface area contributed by atoms with Crippen LogP contribution in [0.5, 0.6) is 0 Å². The van der Waals surface area contributed by atoms with Crippen LogP contribution in [-0.4, -0.2) is 38.0 Å². The first-order chi connectivity index (χ1) is 15.3. The van der Waals surface area contributed by atoms with Crippen LogP contribution >= 0.6 is 11.8 Å². The number of aromatic nitrogens is 4. The van der Waals surface area contributed by atoms with Crippen molar-refractivity contribution in [3.05, 3.63) is 60.3 Å². The number of hydrogen-bond donors (Lipinski definition) is 1. The molecule has 0 spiro atoms. The van der Waals surface area contributed by atoms with Gasteiger partial charge in [0.1, 0.15) is 0 Å². The minimum atomic E-state index is 0.135. The van der Waals surface area contributed by atoms with Gasteiger partial charge in [-0.1, -0.05) is 48.2 Å². The molecular formula is C24H23N5OS. The van der Waals surface area contributed by atoms with Gasteiger partial charge in [0.15, 0.2) is 11.0 Å². The number of benzene rings is 2. The number of para-hydroxylation sites is 2. The number of carbonyl (C=O) groups is 1. The van der Waals surface area contributed by atoms with Gasteiger partial charge in [0.25, 0.3) is 0 Å². The molecule has 6 nitrogen and oxygen atoms in total. The third kappa shape index (κ3) is 3.33. The molecule has 0 unspecified atom stereocenters. The van der Waals surface area contributed by atoms with Crippen LogP contribution in [-0.2, 0) is 11.2 Å². The standard InChI is InChI=1S/C24H23N5OS/c30-22(28-13-5-7-16-6-1-4-10-21(16)28)15-31-24-27-26-23(29(24)17-11-12-17)19-14-25-20-9-3-2-8-18(19)20/h1-4,6,8-10,14,17,25H,5,7,11-13,15H2. The van der Waals surface area contributed by atoms with E-state index in [4.69, 9.17) is 0 Å². The molecule has 31 heavy (non-hydrogen) atoms. The second kappa shape index (κ2) is 7.57. The van der Waals surface area contributed by atoms with Crippen LogP contribution in [0.25, 0.3) is 22.3 Å². The van der Waals surface area contributed by atoms with Crippen LogP contribution in [0.1, 0.15) is 30.9 Å². The number of anilines is 1. The van der Waals surface area contributed by atoms with Gasteiger partial charge < -0.3 is 9.88 Å². The number of amides is 1. The number of fused-ring (bicyclic) bond motifs is 2. The molecule has 0 saturated heterocycles. The van der Waals surface area contributed by atoms with Gasteiger partial charge in [-0.2, -0.15) is 0 Å². The summed E-state index contributed by atoms with van der Waals surface area (Å²) in [6.45, 7) is 0.784. The fraction of sp³-hybridized carbons (Fsp3) is 0.292. The van der Waals surface area contributed by atoms with Gasteiger partial charge in [-0.05, 0) is 43.4 Å². The maximum Gasteiger partial charge on any atom is 0.237 e. The summed E-state index contributed by atoms with van der Waals surface area (Å²) in [6.07, 6.45) is 6.33. The average molecular weight is 430 g/mol. The molecule has 0 atom stereocenters. The van der Waals surface area contributed by atoms with E-state index in [2.05, 4.69) is 44.0 Å². The average Bonchev–Trinajstić information content (AvgIpc) is 3.42. The predicted molar refractivity (Wildman–Crippen MR) is 123 cm³/mol. The third-order valence-corrected chi connectivity index (χ3v) is 7.07. The smallest absolute Gasteiger partial charge is 0.237 e. The minimum Gasteiger partial charge on any atom is -0.360 e. The topological polar surface area (TPSA) is 66.8 Å². The Morgan fingerprint density at radius 3 is 2.84 bits per heavy atom. The number of nitrogens with zero attached hydrogens (tertiary/aromatic N) is 4. The molecule has 1 saturated carbocycles. The van der Waals surface area contributed by atoms with Crippen molar-refractivity contribution in [2.45, 2.75) is 36.9 Å². The molecule has 1 amide bonds. The van der Waals surface area contributed by atoms with E-state index in [0.29, 0.717) is 11.8 Å². The van der Waals surface area contributed by atoms with Crippen molar-refractivity contribution in [3.8, 4) is 11.4 Å². The summed E-state index contributed by atoms with van der Waals surface area (Å²) in [5.74, 6) is 1.39. The minimum absolute atomic E-state index is 0.135. The Kier molecular flexibility index (Phi) is 4.56. The van der Waals surface area contributed by atoms with Crippen molar-refractivity contribution in [2.75, 3.05) is 17.2 Å². The lowest BCUT2D eigenvalue weighted by Crippen LogP contribution is -2.36. The highest BCUT2D eigenvalue weighted by Crippen LogP contribution is 2.42. The fourth-order valence-corrected chi connectivity index (χ4v) is 5.36. The van der Waals surface area contributed by atoms with Gasteiger partial charge in [0, 0.05) is 40.9 Å². The molecule has 1 aliphatic heterocycles. The van der Waals surface area contributed by atoms with Crippen LogP contribution in [0, 0.1) is 0 Å². The Balaban J connectivity index is 1.27. The molecule has 4 aromatic rings. The van der Waals surface area contributed by atoms with Crippen molar-refractivity contribution < 1.29 is 4.79 Å². The first-order valence-electron chi connectivity index (χ1n) is 10.8. The molecule has 7 heteroatoms.